The second-order valence-electron chi connectivity index (χ2n) is 6.00. The summed E-state index contributed by atoms with van der Waals surface area (Å²) in [4.78, 5) is 26.5. The van der Waals surface area contributed by atoms with Gasteiger partial charge in [0.1, 0.15) is 0 Å². The number of carbonyl (C=O) groups excluding carboxylic acids is 1. The summed E-state index contributed by atoms with van der Waals surface area (Å²) in [5.74, 6) is -0.883. The zero-order chi connectivity index (χ0) is 15.2. The predicted molar refractivity (Wildman–Crippen MR) is 76.2 cm³/mol. The van der Waals surface area contributed by atoms with E-state index in [0.29, 0.717) is 0 Å². The largest absolute Gasteiger partial charge is 0.481 e. The minimum Gasteiger partial charge on any atom is -0.481 e. The summed E-state index contributed by atoms with van der Waals surface area (Å²) in [7, 11) is 1.78. The smallest absolute Gasteiger partial charge is 0.320 e. The van der Waals surface area contributed by atoms with E-state index in [4.69, 9.17) is 5.11 Å². The number of hydrogen-bond donors (Lipinski definition) is 1. The molecule has 112 valence electrons. The lowest BCUT2D eigenvalue weighted by molar-refractivity contribution is -0.137. The molecule has 1 unspecified atom stereocenters. The van der Waals surface area contributed by atoms with Crippen LogP contribution < -0.4 is 0 Å². The minimum atomic E-state index is -0.883. The van der Waals surface area contributed by atoms with Gasteiger partial charge in [0.15, 0.2) is 0 Å². The Morgan fingerprint density at radius 1 is 1.26 bits per heavy atom. The van der Waals surface area contributed by atoms with Crippen LogP contribution >= 0.6 is 0 Å². The number of amides is 2. The monoisotopic (exact) mass is 272 g/mol. The maximum Gasteiger partial charge on any atom is 0.320 e. The van der Waals surface area contributed by atoms with E-state index in [-0.39, 0.29) is 30.6 Å². The molecular formula is C14H28N2O3. The molecule has 0 aromatic rings. The zero-order valence-electron chi connectivity index (χ0n) is 13.1. The number of hydrogen-bond acceptors (Lipinski definition) is 2. The van der Waals surface area contributed by atoms with Crippen molar-refractivity contribution in [2.75, 3.05) is 13.6 Å². The van der Waals surface area contributed by atoms with Crippen LogP contribution in [0, 0.1) is 0 Å². The van der Waals surface area contributed by atoms with Gasteiger partial charge >= 0.3 is 12.0 Å². The molecule has 5 nitrogen and oxygen atoms in total. The van der Waals surface area contributed by atoms with Crippen molar-refractivity contribution in [3.63, 3.8) is 0 Å². The topological polar surface area (TPSA) is 60.9 Å². The van der Waals surface area contributed by atoms with Gasteiger partial charge in [-0.05, 0) is 34.1 Å². The van der Waals surface area contributed by atoms with E-state index >= 15 is 0 Å². The first-order chi connectivity index (χ1) is 8.61. The third kappa shape index (κ3) is 5.94. The van der Waals surface area contributed by atoms with Crippen molar-refractivity contribution in [1.82, 2.24) is 9.80 Å². The molecule has 0 aromatic heterocycles. The summed E-state index contributed by atoms with van der Waals surface area (Å²) in [6.45, 7) is 10.1. The van der Waals surface area contributed by atoms with E-state index in [1.807, 2.05) is 27.7 Å². The molecule has 0 spiro atoms. The first-order valence-corrected chi connectivity index (χ1v) is 6.87. The lowest BCUT2D eigenvalue weighted by Gasteiger charge is -2.39. The van der Waals surface area contributed by atoms with E-state index < -0.39 is 5.97 Å². The van der Waals surface area contributed by atoms with Crippen molar-refractivity contribution in [3.8, 4) is 0 Å². The molecule has 0 aliphatic rings. The van der Waals surface area contributed by atoms with E-state index in [1.54, 1.807) is 16.8 Å². The highest BCUT2D eigenvalue weighted by molar-refractivity contribution is 5.76. The van der Waals surface area contributed by atoms with Gasteiger partial charge in [0.2, 0.25) is 0 Å². The van der Waals surface area contributed by atoms with Crippen LogP contribution in [0.5, 0.6) is 0 Å². The van der Waals surface area contributed by atoms with Gasteiger partial charge in [-0.2, -0.15) is 0 Å². The van der Waals surface area contributed by atoms with Crippen molar-refractivity contribution in [2.45, 2.75) is 65.5 Å². The first kappa shape index (κ1) is 17.7. The molecule has 0 heterocycles. The average molecular weight is 272 g/mol. The highest BCUT2D eigenvalue weighted by Crippen LogP contribution is 2.18. The summed E-state index contributed by atoms with van der Waals surface area (Å²) >= 11 is 0. The SMILES string of the molecule is CCCC(C)N(C)C(=O)N(CCC(=O)O)C(C)(C)C. The van der Waals surface area contributed by atoms with Crippen molar-refractivity contribution < 1.29 is 14.7 Å². The van der Waals surface area contributed by atoms with Gasteiger partial charge < -0.3 is 14.9 Å². The number of carboxylic acid groups (broad SMARTS) is 1. The average Bonchev–Trinajstić information content (AvgIpc) is 2.26. The van der Waals surface area contributed by atoms with Crippen molar-refractivity contribution in [3.05, 3.63) is 0 Å². The molecule has 1 N–H and O–H groups in total. The molecule has 19 heavy (non-hydrogen) atoms. The van der Waals surface area contributed by atoms with Crippen LogP contribution in [0.15, 0.2) is 0 Å². The van der Waals surface area contributed by atoms with Crippen LogP contribution in [0.1, 0.15) is 53.9 Å². The number of aliphatic carboxylic acids is 1. The lowest BCUT2D eigenvalue weighted by Crippen LogP contribution is -2.53. The van der Waals surface area contributed by atoms with Gasteiger partial charge in [0.05, 0.1) is 6.42 Å². The highest BCUT2D eigenvalue weighted by Gasteiger charge is 2.30. The minimum absolute atomic E-state index is 0.0288. The molecular weight excluding hydrogens is 244 g/mol. The van der Waals surface area contributed by atoms with Crippen molar-refractivity contribution >= 4 is 12.0 Å². The number of carbonyl (C=O) groups is 2. The molecule has 0 aliphatic heterocycles. The molecule has 0 saturated carbocycles. The van der Waals surface area contributed by atoms with E-state index in [1.165, 1.54) is 0 Å². The number of carboxylic acids is 1. The number of nitrogens with zero attached hydrogens (tertiary/aromatic N) is 2. The van der Waals surface area contributed by atoms with E-state index in [9.17, 15) is 9.59 Å². The number of urea groups is 1. The summed E-state index contributed by atoms with van der Waals surface area (Å²) < 4.78 is 0. The first-order valence-electron chi connectivity index (χ1n) is 6.87. The van der Waals surface area contributed by atoms with Gasteiger partial charge in [-0.3, -0.25) is 4.79 Å². The quantitative estimate of drug-likeness (QED) is 0.808. The standard InChI is InChI=1S/C14H28N2O3/c1-7-8-11(2)15(6)13(19)16(14(3,4)5)10-9-12(17)18/h11H,7-10H2,1-6H3,(H,17,18). The Kier molecular flexibility index (Phi) is 6.87. The normalized spacial score (nSPS) is 12.9. The van der Waals surface area contributed by atoms with Crippen LogP contribution in [0.2, 0.25) is 0 Å². The van der Waals surface area contributed by atoms with Gasteiger partial charge in [-0.15, -0.1) is 0 Å². The second kappa shape index (κ2) is 7.36. The van der Waals surface area contributed by atoms with Crippen LogP contribution in [-0.2, 0) is 4.79 Å². The molecule has 2 amide bonds. The van der Waals surface area contributed by atoms with Crippen LogP contribution in [0.3, 0.4) is 0 Å². The Morgan fingerprint density at radius 3 is 2.16 bits per heavy atom. The van der Waals surface area contributed by atoms with Crippen molar-refractivity contribution in [1.29, 1.82) is 0 Å². The fourth-order valence-electron chi connectivity index (χ4n) is 1.92. The number of rotatable bonds is 6. The Morgan fingerprint density at radius 2 is 1.79 bits per heavy atom. The molecule has 0 aromatic carbocycles. The van der Waals surface area contributed by atoms with Gasteiger partial charge in [0.25, 0.3) is 0 Å². The third-order valence-corrected chi connectivity index (χ3v) is 3.26. The van der Waals surface area contributed by atoms with Gasteiger partial charge in [-0.1, -0.05) is 13.3 Å². The lowest BCUT2D eigenvalue weighted by atomic mass is 10.1. The maximum atomic E-state index is 12.5. The molecule has 0 fully saturated rings. The highest BCUT2D eigenvalue weighted by atomic mass is 16.4. The molecule has 0 radical (unpaired) electrons. The molecule has 0 saturated heterocycles. The van der Waals surface area contributed by atoms with Crippen LogP contribution in [-0.4, -0.2) is 52.1 Å². The van der Waals surface area contributed by atoms with Gasteiger partial charge in [-0.25, -0.2) is 4.79 Å². The Bertz CT molecular complexity index is 310. The van der Waals surface area contributed by atoms with Crippen LogP contribution in [0.4, 0.5) is 4.79 Å². The summed E-state index contributed by atoms with van der Waals surface area (Å²) in [6.07, 6.45) is 1.93. The third-order valence-electron chi connectivity index (χ3n) is 3.26. The molecule has 5 heteroatoms. The zero-order valence-corrected chi connectivity index (χ0v) is 13.1. The molecule has 0 aliphatic carbocycles. The Hall–Kier alpha value is -1.26. The summed E-state index contributed by atoms with van der Waals surface area (Å²) in [5, 5.41) is 8.79. The molecule has 0 bridgehead atoms. The molecule has 0 rings (SSSR count). The fraction of sp³-hybridized carbons (Fsp3) is 0.857. The maximum absolute atomic E-state index is 12.5. The fourth-order valence-corrected chi connectivity index (χ4v) is 1.92. The van der Waals surface area contributed by atoms with Gasteiger partial charge in [0, 0.05) is 25.2 Å². The second-order valence-corrected chi connectivity index (χ2v) is 6.00. The Labute approximate surface area is 116 Å². The van der Waals surface area contributed by atoms with E-state index in [2.05, 4.69) is 6.92 Å². The van der Waals surface area contributed by atoms with Crippen LogP contribution in [0.25, 0.3) is 0 Å². The predicted octanol–water partition coefficient (Wildman–Crippen LogP) is 2.80. The summed E-state index contributed by atoms with van der Waals surface area (Å²) in [5.41, 5.74) is -0.382. The van der Waals surface area contributed by atoms with Crippen molar-refractivity contribution in [2.24, 2.45) is 0 Å². The Balaban J connectivity index is 4.85. The van der Waals surface area contributed by atoms with E-state index in [0.717, 1.165) is 12.8 Å². The summed E-state index contributed by atoms with van der Waals surface area (Å²) in [6, 6.07) is 0.0573. The molecule has 1 atom stereocenters.